The normalized spacial score (nSPS) is 11.2. The Bertz CT molecular complexity index is 1330. The highest BCUT2D eigenvalue weighted by Gasteiger charge is 2.20. The average molecular weight is 435 g/mol. The molecular formula is C23H22FN5O3. The van der Waals surface area contributed by atoms with Crippen molar-refractivity contribution < 1.29 is 13.9 Å². The molecule has 0 saturated heterocycles. The molecule has 0 bridgehead atoms. The third kappa shape index (κ3) is 4.09. The summed E-state index contributed by atoms with van der Waals surface area (Å²) >= 11 is 0. The van der Waals surface area contributed by atoms with Gasteiger partial charge in [-0.15, -0.1) is 0 Å². The number of rotatable bonds is 6. The quantitative estimate of drug-likeness (QED) is 0.501. The van der Waals surface area contributed by atoms with Crippen molar-refractivity contribution in [3.05, 3.63) is 76.6 Å². The predicted molar refractivity (Wildman–Crippen MR) is 119 cm³/mol. The number of carbonyl (C=O) groups is 1. The van der Waals surface area contributed by atoms with Gasteiger partial charge in [0.05, 0.1) is 24.7 Å². The number of hydrogen-bond acceptors (Lipinski definition) is 5. The standard InChI is InChI=1S/C23H22FN5O3/c1-14(2)21-19-12-25-29(17-8-4-15(24)5-9-17)22(19)23(31)28(27-21)13-20(30)26-16-6-10-18(32-3)11-7-16/h4-12,14H,13H2,1-3H3,(H,26,30). The number of halogens is 1. The lowest BCUT2D eigenvalue weighted by molar-refractivity contribution is -0.117. The molecule has 164 valence electrons. The van der Waals surface area contributed by atoms with E-state index >= 15 is 0 Å². The van der Waals surface area contributed by atoms with Crippen molar-refractivity contribution in [3.8, 4) is 11.4 Å². The van der Waals surface area contributed by atoms with E-state index in [1.54, 1.807) is 37.6 Å². The van der Waals surface area contributed by atoms with Crippen molar-refractivity contribution in [2.24, 2.45) is 0 Å². The average Bonchev–Trinajstić information content (AvgIpc) is 3.22. The third-order valence-electron chi connectivity index (χ3n) is 5.00. The second kappa shape index (κ2) is 8.62. The minimum Gasteiger partial charge on any atom is -0.497 e. The maximum Gasteiger partial charge on any atom is 0.293 e. The minimum absolute atomic E-state index is 0.0140. The second-order valence-corrected chi connectivity index (χ2v) is 7.57. The van der Waals surface area contributed by atoms with Gasteiger partial charge in [0.25, 0.3) is 5.56 Å². The van der Waals surface area contributed by atoms with E-state index in [9.17, 15) is 14.0 Å². The second-order valence-electron chi connectivity index (χ2n) is 7.57. The lowest BCUT2D eigenvalue weighted by atomic mass is 10.1. The van der Waals surface area contributed by atoms with Crippen LogP contribution in [-0.2, 0) is 11.3 Å². The summed E-state index contributed by atoms with van der Waals surface area (Å²) < 4.78 is 21.1. The Morgan fingerprint density at radius 3 is 2.44 bits per heavy atom. The molecule has 4 rings (SSSR count). The Morgan fingerprint density at radius 1 is 1.12 bits per heavy atom. The molecule has 0 aliphatic carbocycles. The SMILES string of the molecule is COc1ccc(NC(=O)Cn2nc(C(C)C)c3cnn(-c4ccc(F)cc4)c3c2=O)cc1. The Hall–Kier alpha value is -4.01. The molecule has 4 aromatic rings. The van der Waals surface area contributed by atoms with Crippen molar-refractivity contribution in [3.63, 3.8) is 0 Å². The van der Waals surface area contributed by atoms with Gasteiger partial charge in [0, 0.05) is 11.1 Å². The van der Waals surface area contributed by atoms with Crippen LogP contribution in [0.1, 0.15) is 25.5 Å². The van der Waals surface area contributed by atoms with Crippen molar-refractivity contribution in [2.45, 2.75) is 26.3 Å². The summed E-state index contributed by atoms with van der Waals surface area (Å²) in [6.07, 6.45) is 1.57. The van der Waals surface area contributed by atoms with Gasteiger partial charge >= 0.3 is 0 Å². The summed E-state index contributed by atoms with van der Waals surface area (Å²) in [5.41, 5.74) is 1.58. The van der Waals surface area contributed by atoms with Crippen LogP contribution in [0.5, 0.6) is 5.75 Å². The smallest absolute Gasteiger partial charge is 0.293 e. The monoisotopic (exact) mass is 435 g/mol. The van der Waals surface area contributed by atoms with E-state index in [-0.39, 0.29) is 23.8 Å². The van der Waals surface area contributed by atoms with Crippen molar-refractivity contribution in [1.29, 1.82) is 0 Å². The maximum absolute atomic E-state index is 13.4. The molecule has 9 heteroatoms. The van der Waals surface area contributed by atoms with Crippen LogP contribution in [0, 0.1) is 5.82 Å². The molecule has 8 nitrogen and oxygen atoms in total. The molecule has 0 spiro atoms. The summed E-state index contributed by atoms with van der Waals surface area (Å²) in [7, 11) is 1.56. The maximum atomic E-state index is 13.4. The van der Waals surface area contributed by atoms with Gasteiger partial charge in [-0.1, -0.05) is 13.8 Å². The van der Waals surface area contributed by atoms with Gasteiger partial charge in [-0.3, -0.25) is 9.59 Å². The lowest BCUT2D eigenvalue weighted by Crippen LogP contribution is -2.31. The molecule has 2 heterocycles. The van der Waals surface area contributed by atoms with Crippen LogP contribution in [0.15, 0.2) is 59.5 Å². The summed E-state index contributed by atoms with van der Waals surface area (Å²) in [6, 6.07) is 12.5. The zero-order valence-electron chi connectivity index (χ0n) is 17.9. The van der Waals surface area contributed by atoms with E-state index in [1.807, 2.05) is 13.8 Å². The zero-order valence-corrected chi connectivity index (χ0v) is 17.9. The van der Waals surface area contributed by atoms with Gasteiger partial charge in [0.2, 0.25) is 5.91 Å². The number of ether oxygens (including phenoxy) is 1. The fraction of sp³-hybridized carbons (Fsp3) is 0.217. The van der Waals surface area contributed by atoms with Crippen LogP contribution in [-0.4, -0.2) is 32.6 Å². The first-order valence-corrected chi connectivity index (χ1v) is 10.1. The van der Waals surface area contributed by atoms with E-state index in [0.29, 0.717) is 28.2 Å². The summed E-state index contributed by atoms with van der Waals surface area (Å²) in [6.45, 7) is 3.63. The van der Waals surface area contributed by atoms with Crippen LogP contribution in [0.4, 0.5) is 10.1 Å². The summed E-state index contributed by atoms with van der Waals surface area (Å²) in [4.78, 5) is 25.9. The number of nitrogens with one attached hydrogen (secondary N) is 1. The van der Waals surface area contributed by atoms with Crippen molar-refractivity contribution in [1.82, 2.24) is 19.6 Å². The molecular weight excluding hydrogens is 413 g/mol. The predicted octanol–water partition coefficient (Wildman–Crippen LogP) is 3.49. The topological polar surface area (TPSA) is 91.0 Å². The van der Waals surface area contributed by atoms with Crippen LogP contribution >= 0.6 is 0 Å². The van der Waals surface area contributed by atoms with Crippen molar-refractivity contribution >= 4 is 22.5 Å². The van der Waals surface area contributed by atoms with Crippen LogP contribution in [0.3, 0.4) is 0 Å². The van der Waals surface area contributed by atoms with Crippen molar-refractivity contribution in [2.75, 3.05) is 12.4 Å². The number of hydrogen-bond donors (Lipinski definition) is 1. The van der Waals surface area contributed by atoms with Gasteiger partial charge < -0.3 is 10.1 Å². The summed E-state index contributed by atoms with van der Waals surface area (Å²) in [5.74, 6) is -0.129. The lowest BCUT2D eigenvalue weighted by Gasteiger charge is -2.12. The molecule has 0 radical (unpaired) electrons. The van der Waals surface area contributed by atoms with Gasteiger partial charge in [-0.2, -0.15) is 10.2 Å². The third-order valence-corrected chi connectivity index (χ3v) is 5.00. The van der Waals surface area contributed by atoms with Gasteiger partial charge in [-0.05, 0) is 54.4 Å². The number of aromatic nitrogens is 4. The first-order valence-electron chi connectivity index (χ1n) is 10.1. The number of benzene rings is 2. The molecule has 2 aromatic heterocycles. The minimum atomic E-state index is -0.462. The largest absolute Gasteiger partial charge is 0.497 e. The fourth-order valence-corrected chi connectivity index (χ4v) is 3.42. The molecule has 1 amide bonds. The molecule has 2 aromatic carbocycles. The van der Waals surface area contributed by atoms with E-state index in [4.69, 9.17) is 4.74 Å². The van der Waals surface area contributed by atoms with Gasteiger partial charge in [-0.25, -0.2) is 13.8 Å². The van der Waals surface area contributed by atoms with E-state index < -0.39 is 11.5 Å². The number of amides is 1. The number of fused-ring (bicyclic) bond motifs is 1. The molecule has 32 heavy (non-hydrogen) atoms. The summed E-state index contributed by atoms with van der Waals surface area (Å²) in [5, 5.41) is 12.1. The first-order chi connectivity index (χ1) is 15.4. The van der Waals surface area contributed by atoms with E-state index in [1.165, 1.54) is 28.9 Å². The Kier molecular flexibility index (Phi) is 5.72. The Labute approximate surface area is 183 Å². The van der Waals surface area contributed by atoms with Crippen LogP contribution in [0.25, 0.3) is 16.6 Å². The molecule has 0 atom stereocenters. The highest BCUT2D eigenvalue weighted by atomic mass is 19.1. The highest BCUT2D eigenvalue weighted by Crippen LogP contribution is 2.23. The number of methoxy groups -OCH3 is 1. The van der Waals surface area contributed by atoms with Gasteiger partial charge in [0.15, 0.2) is 0 Å². The van der Waals surface area contributed by atoms with E-state index in [2.05, 4.69) is 15.5 Å². The highest BCUT2D eigenvalue weighted by molar-refractivity contribution is 5.91. The first kappa shape index (κ1) is 21.2. The number of carbonyl (C=O) groups excluding carboxylic acids is 1. The van der Waals surface area contributed by atoms with Gasteiger partial charge in [0.1, 0.15) is 23.6 Å². The Balaban J connectivity index is 1.73. The molecule has 0 aliphatic rings. The molecule has 0 saturated carbocycles. The number of nitrogens with zero attached hydrogens (tertiary/aromatic N) is 4. The fourth-order valence-electron chi connectivity index (χ4n) is 3.42. The zero-order chi connectivity index (χ0) is 22.8. The molecule has 0 aliphatic heterocycles. The van der Waals surface area contributed by atoms with E-state index in [0.717, 1.165) is 4.68 Å². The van der Waals surface area contributed by atoms with Crippen LogP contribution < -0.4 is 15.6 Å². The molecule has 0 fully saturated rings. The Morgan fingerprint density at radius 2 is 1.81 bits per heavy atom. The molecule has 1 N–H and O–H groups in total. The van der Waals surface area contributed by atoms with Crippen LogP contribution in [0.2, 0.25) is 0 Å². The molecule has 0 unspecified atom stereocenters. The number of anilines is 1.